The van der Waals surface area contributed by atoms with E-state index < -0.39 is 0 Å². The quantitative estimate of drug-likeness (QED) is 0.818. The molecule has 0 aromatic heterocycles. The molecule has 2 aromatic carbocycles. The average molecular weight is 242 g/mol. The van der Waals surface area contributed by atoms with E-state index in [1.165, 1.54) is 0 Å². The van der Waals surface area contributed by atoms with Gasteiger partial charge in [0.2, 0.25) is 0 Å². The van der Waals surface area contributed by atoms with Crippen molar-refractivity contribution >= 4 is 16.6 Å². The highest BCUT2D eigenvalue weighted by atomic mass is 16.5. The van der Waals surface area contributed by atoms with Gasteiger partial charge in [-0.3, -0.25) is 4.79 Å². The Hall–Kier alpha value is -1.83. The topological polar surface area (TPSA) is 26.3 Å². The first kappa shape index (κ1) is 12.6. The van der Waals surface area contributed by atoms with E-state index in [-0.39, 0.29) is 11.7 Å². The van der Waals surface area contributed by atoms with Crippen molar-refractivity contribution in [1.82, 2.24) is 0 Å². The number of carbonyl (C=O) groups is 1. The molecule has 0 atom stereocenters. The van der Waals surface area contributed by atoms with Gasteiger partial charge in [0, 0.05) is 12.3 Å². The van der Waals surface area contributed by atoms with Gasteiger partial charge in [-0.1, -0.05) is 38.1 Å². The summed E-state index contributed by atoms with van der Waals surface area (Å²) in [5.74, 6) is 1.23. The maximum Gasteiger partial charge on any atom is 0.139 e. The smallest absolute Gasteiger partial charge is 0.139 e. The molecule has 0 aliphatic carbocycles. The summed E-state index contributed by atoms with van der Waals surface area (Å²) in [6.45, 7) is 3.88. The first-order chi connectivity index (χ1) is 8.60. The van der Waals surface area contributed by atoms with E-state index in [1.807, 2.05) is 44.2 Å². The van der Waals surface area contributed by atoms with Crippen molar-refractivity contribution in [2.45, 2.75) is 20.3 Å². The number of ether oxygens (including phenoxy) is 1. The van der Waals surface area contributed by atoms with E-state index in [2.05, 4.69) is 6.07 Å². The first-order valence-corrected chi connectivity index (χ1v) is 6.19. The molecule has 0 bridgehead atoms. The molecule has 0 radical (unpaired) electrons. The number of fused-ring (bicyclic) bond motifs is 1. The summed E-state index contributed by atoms with van der Waals surface area (Å²) in [6.07, 6.45) is 0.514. The van der Waals surface area contributed by atoms with Crippen molar-refractivity contribution in [3.63, 3.8) is 0 Å². The van der Waals surface area contributed by atoms with Gasteiger partial charge in [0.1, 0.15) is 11.5 Å². The lowest BCUT2D eigenvalue weighted by Gasteiger charge is -2.07. The molecule has 0 spiro atoms. The van der Waals surface area contributed by atoms with Crippen LogP contribution in [0.25, 0.3) is 10.8 Å². The average Bonchev–Trinajstić information content (AvgIpc) is 2.37. The number of rotatable bonds is 4. The van der Waals surface area contributed by atoms with Crippen LogP contribution in [0.5, 0.6) is 5.75 Å². The van der Waals surface area contributed by atoms with Gasteiger partial charge in [-0.2, -0.15) is 0 Å². The monoisotopic (exact) mass is 242 g/mol. The second-order valence-electron chi connectivity index (χ2n) is 4.85. The van der Waals surface area contributed by atoms with Crippen LogP contribution in [-0.4, -0.2) is 12.9 Å². The van der Waals surface area contributed by atoms with Crippen molar-refractivity contribution in [3.8, 4) is 5.75 Å². The highest BCUT2D eigenvalue weighted by molar-refractivity contribution is 5.87. The fourth-order valence-corrected chi connectivity index (χ4v) is 1.92. The van der Waals surface area contributed by atoms with E-state index in [9.17, 15) is 4.79 Å². The van der Waals surface area contributed by atoms with Gasteiger partial charge in [-0.15, -0.1) is 0 Å². The molecular formula is C16H18O2. The van der Waals surface area contributed by atoms with Crippen molar-refractivity contribution in [2.75, 3.05) is 7.11 Å². The van der Waals surface area contributed by atoms with Gasteiger partial charge in [-0.05, 0) is 28.5 Å². The molecule has 2 aromatic rings. The molecule has 18 heavy (non-hydrogen) atoms. The molecule has 2 rings (SSSR count). The van der Waals surface area contributed by atoms with Crippen LogP contribution in [0.4, 0.5) is 0 Å². The minimum absolute atomic E-state index is 0.0940. The second-order valence-corrected chi connectivity index (χ2v) is 4.85. The van der Waals surface area contributed by atoms with E-state index in [1.54, 1.807) is 7.11 Å². The number of Topliss-reactive ketones (excluding diaryl/α,β-unsaturated/α-hetero) is 1. The largest absolute Gasteiger partial charge is 0.497 e. The molecule has 2 nitrogen and oxygen atoms in total. The zero-order chi connectivity index (χ0) is 13.1. The zero-order valence-corrected chi connectivity index (χ0v) is 11.1. The number of hydrogen-bond acceptors (Lipinski definition) is 2. The third-order valence-electron chi connectivity index (χ3n) is 3.13. The highest BCUT2D eigenvalue weighted by Crippen LogP contribution is 2.22. The number of carbonyl (C=O) groups excluding carboxylic acids is 1. The van der Waals surface area contributed by atoms with Crippen LogP contribution in [-0.2, 0) is 11.2 Å². The number of methoxy groups -OCH3 is 1. The Morgan fingerprint density at radius 1 is 1.11 bits per heavy atom. The minimum Gasteiger partial charge on any atom is -0.497 e. The normalized spacial score (nSPS) is 10.9. The van der Waals surface area contributed by atoms with Crippen LogP contribution in [0.15, 0.2) is 36.4 Å². The van der Waals surface area contributed by atoms with Crippen molar-refractivity contribution in [3.05, 3.63) is 42.0 Å². The predicted molar refractivity (Wildman–Crippen MR) is 74.0 cm³/mol. The Morgan fingerprint density at radius 2 is 1.78 bits per heavy atom. The molecule has 0 saturated heterocycles. The standard InChI is InChI=1S/C16H18O2/c1-11(2)16(17)9-12-4-5-14-10-15(18-3)7-6-13(14)8-12/h4-8,10-11H,9H2,1-3H3. The molecule has 0 fully saturated rings. The van der Waals surface area contributed by atoms with E-state index >= 15 is 0 Å². The van der Waals surface area contributed by atoms with E-state index in [0.717, 1.165) is 22.1 Å². The maximum atomic E-state index is 11.7. The molecule has 0 N–H and O–H groups in total. The minimum atomic E-state index is 0.0940. The lowest BCUT2D eigenvalue weighted by molar-refractivity contribution is -0.121. The summed E-state index contributed by atoms with van der Waals surface area (Å²) in [5.41, 5.74) is 1.08. The first-order valence-electron chi connectivity index (χ1n) is 6.19. The van der Waals surface area contributed by atoms with Gasteiger partial charge in [0.05, 0.1) is 7.11 Å². The third-order valence-corrected chi connectivity index (χ3v) is 3.13. The van der Waals surface area contributed by atoms with Gasteiger partial charge >= 0.3 is 0 Å². The molecule has 2 heteroatoms. The second kappa shape index (κ2) is 5.21. The van der Waals surface area contributed by atoms with Crippen LogP contribution >= 0.6 is 0 Å². The van der Waals surface area contributed by atoms with Crippen molar-refractivity contribution < 1.29 is 9.53 Å². The van der Waals surface area contributed by atoms with Gasteiger partial charge in [0.15, 0.2) is 0 Å². The van der Waals surface area contributed by atoms with Crippen LogP contribution in [0.2, 0.25) is 0 Å². The Labute approximate surface area is 108 Å². The molecule has 0 aliphatic heterocycles. The Morgan fingerprint density at radius 3 is 2.44 bits per heavy atom. The van der Waals surface area contributed by atoms with Crippen LogP contribution in [0.1, 0.15) is 19.4 Å². The van der Waals surface area contributed by atoms with Gasteiger partial charge in [-0.25, -0.2) is 0 Å². The Kier molecular flexibility index (Phi) is 3.66. The molecule has 0 saturated carbocycles. The number of ketones is 1. The van der Waals surface area contributed by atoms with Crippen molar-refractivity contribution in [1.29, 1.82) is 0 Å². The summed E-state index contributed by atoms with van der Waals surface area (Å²) in [7, 11) is 1.66. The maximum absolute atomic E-state index is 11.7. The number of hydrogen-bond donors (Lipinski definition) is 0. The zero-order valence-electron chi connectivity index (χ0n) is 11.1. The van der Waals surface area contributed by atoms with Crippen LogP contribution in [0.3, 0.4) is 0 Å². The van der Waals surface area contributed by atoms with E-state index in [4.69, 9.17) is 4.74 Å². The summed E-state index contributed by atoms with van der Waals surface area (Å²) >= 11 is 0. The van der Waals surface area contributed by atoms with Gasteiger partial charge < -0.3 is 4.74 Å². The summed E-state index contributed by atoms with van der Waals surface area (Å²) < 4.78 is 5.19. The predicted octanol–water partition coefficient (Wildman–Crippen LogP) is 3.62. The third kappa shape index (κ3) is 2.70. The lowest BCUT2D eigenvalue weighted by Crippen LogP contribution is -2.09. The van der Waals surface area contributed by atoms with Crippen LogP contribution in [0, 0.1) is 5.92 Å². The fraction of sp³-hybridized carbons (Fsp3) is 0.312. The number of benzene rings is 2. The summed E-state index contributed by atoms with van der Waals surface area (Å²) in [5, 5.41) is 2.28. The Balaban J connectivity index is 2.30. The molecule has 0 amide bonds. The van der Waals surface area contributed by atoms with Gasteiger partial charge in [0.25, 0.3) is 0 Å². The fourth-order valence-electron chi connectivity index (χ4n) is 1.92. The molecular weight excluding hydrogens is 224 g/mol. The van der Waals surface area contributed by atoms with E-state index in [0.29, 0.717) is 6.42 Å². The van der Waals surface area contributed by atoms with Crippen molar-refractivity contribution in [2.24, 2.45) is 5.92 Å². The van der Waals surface area contributed by atoms with Crippen LogP contribution < -0.4 is 4.74 Å². The molecule has 0 heterocycles. The SMILES string of the molecule is COc1ccc2cc(CC(=O)C(C)C)ccc2c1. The Bertz CT molecular complexity index is 570. The molecule has 0 unspecified atom stereocenters. The molecule has 94 valence electrons. The summed E-state index contributed by atoms with van der Waals surface area (Å²) in [4.78, 5) is 11.7. The highest BCUT2D eigenvalue weighted by Gasteiger charge is 2.08. The molecule has 0 aliphatic rings. The summed E-state index contributed by atoms with van der Waals surface area (Å²) in [6, 6.07) is 12.1. The lowest BCUT2D eigenvalue weighted by atomic mass is 9.99.